The molecule has 108 valence electrons. The molecule has 2 aromatic rings. The molecule has 0 saturated carbocycles. The van der Waals surface area contributed by atoms with Crippen LogP contribution in [0.5, 0.6) is 0 Å². The molecule has 2 N–H and O–H groups in total. The summed E-state index contributed by atoms with van der Waals surface area (Å²) in [7, 11) is 0. The van der Waals surface area contributed by atoms with Crippen molar-refractivity contribution in [3.63, 3.8) is 0 Å². The summed E-state index contributed by atoms with van der Waals surface area (Å²) in [5.74, 6) is -1.56. The van der Waals surface area contributed by atoms with Crippen LogP contribution >= 0.6 is 11.3 Å². The molecule has 1 amide bonds. The first kappa shape index (κ1) is 13.4. The monoisotopic (exact) mass is 308 g/mol. The molecule has 3 heterocycles. The van der Waals surface area contributed by atoms with Crippen LogP contribution < -0.4 is 5.32 Å². The van der Waals surface area contributed by atoms with E-state index in [1.54, 1.807) is 5.38 Å². The average Bonchev–Trinajstić information content (AvgIpc) is 3.07. The van der Waals surface area contributed by atoms with Gasteiger partial charge in [-0.25, -0.2) is 13.9 Å². The van der Waals surface area contributed by atoms with Crippen LogP contribution in [-0.4, -0.2) is 38.3 Å². The predicted octanol–water partition coefficient (Wildman–Crippen LogP) is 1.23. The third-order valence-corrected chi connectivity index (χ3v) is 3.80. The third kappa shape index (κ3) is 2.55. The summed E-state index contributed by atoms with van der Waals surface area (Å²) >= 11 is 1.07. The molecule has 7 nitrogen and oxygen atoms in total. The molecule has 1 unspecified atom stereocenters. The first-order valence-electron chi connectivity index (χ1n) is 5.94. The lowest BCUT2D eigenvalue weighted by Crippen LogP contribution is -2.35. The Morgan fingerprint density at radius 2 is 2.38 bits per heavy atom. The lowest BCUT2D eigenvalue weighted by molar-refractivity contribution is -0.117. The first-order valence-corrected chi connectivity index (χ1v) is 6.82. The summed E-state index contributed by atoms with van der Waals surface area (Å²) in [6, 6.07) is 1.46. The van der Waals surface area contributed by atoms with Crippen LogP contribution in [0.2, 0.25) is 0 Å². The van der Waals surface area contributed by atoms with Gasteiger partial charge in [0.05, 0.1) is 17.5 Å². The van der Waals surface area contributed by atoms with E-state index in [0.717, 1.165) is 11.3 Å². The minimum absolute atomic E-state index is 0.0789. The minimum Gasteiger partial charge on any atom is -0.477 e. The Labute approximate surface area is 121 Å². The van der Waals surface area contributed by atoms with Crippen LogP contribution in [0.15, 0.2) is 23.7 Å². The first-order chi connectivity index (χ1) is 10.0. The molecule has 0 aliphatic carbocycles. The maximum absolute atomic E-state index is 13.0. The van der Waals surface area contributed by atoms with Gasteiger partial charge >= 0.3 is 5.97 Å². The Kier molecular flexibility index (Phi) is 3.26. The van der Waals surface area contributed by atoms with Crippen molar-refractivity contribution in [1.29, 1.82) is 0 Å². The largest absolute Gasteiger partial charge is 0.477 e. The number of nitrogens with one attached hydrogen (secondary N) is 1. The molecule has 2 aromatic heterocycles. The van der Waals surface area contributed by atoms with Crippen molar-refractivity contribution < 1.29 is 19.1 Å². The number of carbonyl (C=O) groups is 2. The van der Waals surface area contributed by atoms with Crippen molar-refractivity contribution >= 4 is 28.8 Å². The molecule has 1 aliphatic rings. The normalized spacial score (nSPS) is 18.2. The Morgan fingerprint density at radius 1 is 1.57 bits per heavy atom. The number of nitrogens with zero attached hydrogens (tertiary/aromatic N) is 3. The second-order valence-electron chi connectivity index (χ2n) is 4.32. The van der Waals surface area contributed by atoms with E-state index in [2.05, 4.69) is 15.6 Å². The smallest absolute Gasteiger partial charge is 0.345 e. The Bertz CT molecular complexity index is 751. The molecule has 0 saturated heterocycles. The van der Waals surface area contributed by atoms with Gasteiger partial charge in [0.2, 0.25) is 0 Å². The van der Waals surface area contributed by atoms with Crippen molar-refractivity contribution in [3.05, 3.63) is 34.3 Å². The van der Waals surface area contributed by atoms with Crippen molar-refractivity contribution in [2.24, 2.45) is 0 Å². The topological polar surface area (TPSA) is 97.1 Å². The highest BCUT2D eigenvalue weighted by molar-refractivity contribution is 7.12. The Hall–Kier alpha value is -2.55. The number of carbonyl (C=O) groups excluding carboxylic acids is 1. The number of hydrogen-bond donors (Lipinski definition) is 2. The van der Waals surface area contributed by atoms with Gasteiger partial charge in [-0.1, -0.05) is 11.3 Å². The van der Waals surface area contributed by atoms with Gasteiger partial charge in [0, 0.05) is 11.8 Å². The number of amides is 1. The van der Waals surface area contributed by atoms with E-state index in [9.17, 15) is 14.0 Å². The van der Waals surface area contributed by atoms with E-state index in [1.807, 2.05) is 0 Å². The number of rotatable bonds is 3. The van der Waals surface area contributed by atoms with Crippen molar-refractivity contribution in [3.8, 4) is 5.69 Å². The predicted molar refractivity (Wildman–Crippen MR) is 71.8 cm³/mol. The molecule has 9 heteroatoms. The van der Waals surface area contributed by atoms with Crippen molar-refractivity contribution in [2.45, 2.75) is 12.7 Å². The Morgan fingerprint density at radius 3 is 3.05 bits per heavy atom. The summed E-state index contributed by atoms with van der Waals surface area (Å²) in [6.45, 7) is 0. The fourth-order valence-corrected chi connectivity index (χ4v) is 2.60. The molecule has 0 radical (unpaired) electrons. The lowest BCUT2D eigenvalue weighted by Gasteiger charge is -2.15. The number of carboxylic acids is 1. The van der Waals surface area contributed by atoms with E-state index in [4.69, 9.17) is 5.11 Å². The minimum atomic E-state index is -1.38. The van der Waals surface area contributed by atoms with E-state index in [1.165, 1.54) is 23.0 Å². The summed E-state index contributed by atoms with van der Waals surface area (Å²) in [4.78, 5) is 22.7. The van der Waals surface area contributed by atoms with Crippen LogP contribution in [0, 0.1) is 0 Å². The van der Waals surface area contributed by atoms with Gasteiger partial charge in [-0.3, -0.25) is 4.79 Å². The molecule has 3 rings (SSSR count). The summed E-state index contributed by atoms with van der Waals surface area (Å²) < 4.78 is 14.4. The third-order valence-electron chi connectivity index (χ3n) is 2.89. The highest BCUT2D eigenvalue weighted by atomic mass is 32.1. The molecule has 0 fully saturated rings. The van der Waals surface area contributed by atoms with Crippen LogP contribution in [0.25, 0.3) is 11.3 Å². The molecule has 0 spiro atoms. The van der Waals surface area contributed by atoms with Crippen LogP contribution in [-0.2, 0) is 4.79 Å². The number of carboxylic acid groups (broad SMARTS) is 1. The molecular formula is C12H9FN4O3S. The Balaban J connectivity index is 1.89. The van der Waals surface area contributed by atoms with Crippen molar-refractivity contribution in [1.82, 2.24) is 20.3 Å². The second-order valence-corrected chi connectivity index (χ2v) is 5.23. The number of hydrogen-bond acceptors (Lipinski definition) is 5. The zero-order valence-electron chi connectivity index (χ0n) is 10.5. The number of halogens is 1. The standard InChI is InChI=1S/C12H9FN4O3S/c13-10-2-1-7(11(18)14-10)8-4-17(16-15-8)6-3-9(12(19)20)21-5-6/h1,3-5,10H,2H2,(H,14,18)(H,19,20). The molecule has 1 aliphatic heterocycles. The average molecular weight is 308 g/mol. The highest BCUT2D eigenvalue weighted by Gasteiger charge is 2.23. The van der Waals surface area contributed by atoms with Gasteiger partial charge in [-0.2, -0.15) is 0 Å². The zero-order chi connectivity index (χ0) is 15.0. The molecular weight excluding hydrogens is 299 g/mol. The van der Waals surface area contributed by atoms with E-state index in [-0.39, 0.29) is 16.9 Å². The fourth-order valence-electron chi connectivity index (χ4n) is 1.89. The number of aromatic nitrogens is 3. The van der Waals surface area contributed by atoms with Gasteiger partial charge < -0.3 is 10.4 Å². The van der Waals surface area contributed by atoms with E-state index in [0.29, 0.717) is 11.4 Å². The number of thiophene rings is 1. The maximum Gasteiger partial charge on any atom is 0.345 e. The quantitative estimate of drug-likeness (QED) is 0.831. The summed E-state index contributed by atoms with van der Waals surface area (Å²) in [5.41, 5.74) is 1.10. The lowest BCUT2D eigenvalue weighted by atomic mass is 10.1. The molecule has 0 aromatic carbocycles. The second kappa shape index (κ2) is 5.09. The fraction of sp³-hybridized carbons (Fsp3) is 0.167. The summed E-state index contributed by atoms with van der Waals surface area (Å²) in [5, 5.41) is 20.4. The van der Waals surface area contributed by atoms with Gasteiger partial charge in [-0.15, -0.1) is 16.4 Å². The number of alkyl halides is 1. The van der Waals surface area contributed by atoms with Gasteiger partial charge in [0.1, 0.15) is 10.6 Å². The van der Waals surface area contributed by atoms with Gasteiger partial charge in [0.15, 0.2) is 6.30 Å². The van der Waals surface area contributed by atoms with Gasteiger partial charge in [-0.05, 0) is 6.07 Å². The summed E-state index contributed by atoms with van der Waals surface area (Å²) in [6.07, 6.45) is 1.66. The highest BCUT2D eigenvalue weighted by Crippen LogP contribution is 2.21. The maximum atomic E-state index is 13.0. The van der Waals surface area contributed by atoms with Crippen molar-refractivity contribution in [2.75, 3.05) is 0 Å². The van der Waals surface area contributed by atoms with Crippen LogP contribution in [0.1, 0.15) is 21.8 Å². The van der Waals surface area contributed by atoms with Gasteiger partial charge in [0.25, 0.3) is 5.91 Å². The SMILES string of the molecule is O=C1NC(F)CC=C1c1cn(-c2csc(C(=O)O)c2)nn1. The molecule has 21 heavy (non-hydrogen) atoms. The van der Waals surface area contributed by atoms with E-state index < -0.39 is 18.2 Å². The number of aromatic carboxylic acids is 1. The molecule has 0 bridgehead atoms. The van der Waals surface area contributed by atoms with Crippen LogP contribution in [0.3, 0.4) is 0 Å². The molecule has 1 atom stereocenters. The zero-order valence-corrected chi connectivity index (χ0v) is 11.3. The van der Waals surface area contributed by atoms with E-state index >= 15 is 0 Å². The van der Waals surface area contributed by atoms with Crippen LogP contribution in [0.4, 0.5) is 4.39 Å².